The first-order chi connectivity index (χ1) is 39.4. The zero-order chi connectivity index (χ0) is 57.7. The minimum absolute atomic E-state index is 0.141. The maximum atomic E-state index is 17.8. The summed E-state index contributed by atoms with van der Waals surface area (Å²) in [5, 5.41) is 6.08. The molecule has 2 N–H and O–H groups in total. The fourth-order valence-corrected chi connectivity index (χ4v) is 15.3. The van der Waals surface area contributed by atoms with Crippen molar-refractivity contribution in [1.82, 2.24) is 40.0 Å². The van der Waals surface area contributed by atoms with E-state index in [2.05, 4.69) is 91.8 Å². The second kappa shape index (κ2) is 24.5. The van der Waals surface area contributed by atoms with Crippen molar-refractivity contribution in [2.24, 2.45) is 17.3 Å². The maximum absolute atomic E-state index is 17.8. The lowest BCUT2D eigenvalue weighted by atomic mass is 9.70. The number of ether oxygens (including phenoxy) is 5. The van der Waals surface area contributed by atoms with Crippen molar-refractivity contribution in [3.63, 3.8) is 0 Å². The Labute approximate surface area is 486 Å². The Morgan fingerprint density at radius 3 is 2.33 bits per heavy atom. The molecule has 7 fully saturated rings. The van der Waals surface area contributed by atoms with Crippen LogP contribution in [0.25, 0.3) is 22.2 Å². The van der Waals surface area contributed by atoms with Crippen LogP contribution in [-0.4, -0.2) is 207 Å². The van der Waals surface area contributed by atoms with E-state index in [1.807, 2.05) is 27.0 Å². The van der Waals surface area contributed by atoms with E-state index in [0.717, 1.165) is 83.4 Å². The molecular weight excluding hydrogens is 1040 g/mol. The zero-order valence-corrected chi connectivity index (χ0v) is 50.7. The molecule has 3 aromatic rings. The van der Waals surface area contributed by atoms with Crippen LogP contribution in [0.4, 0.5) is 15.8 Å². The van der Waals surface area contributed by atoms with Crippen molar-refractivity contribution < 1.29 is 42.5 Å². The summed E-state index contributed by atoms with van der Waals surface area (Å²) >= 11 is 0. The number of alkyl halides is 1. The van der Waals surface area contributed by atoms with Gasteiger partial charge in [-0.25, -0.2) is 9.82 Å². The van der Waals surface area contributed by atoms with Gasteiger partial charge in [0.1, 0.15) is 17.8 Å². The molecule has 1 saturated carbocycles. The predicted octanol–water partition coefficient (Wildman–Crippen LogP) is 6.76. The molecule has 19 heteroatoms. The number of cyclic esters (lactones) is 1. The fourth-order valence-electron chi connectivity index (χ4n) is 15.3. The number of fused-ring (bicyclic) bond motifs is 6. The molecular formula is C63H95FN10O8. The standard InChI is InChI=1S/C63H95FN10O8/c1-10-72-51-17-16-45-35-47(51)49(56(72)48-36-46(38-65-53(48)42(4)78-9)69-25-23-68(24-26-69)44-14-15-44)37-61(5,6)40-82-60(77)50-13-11-22-74(67-50)59(76)54(57(70-27-32-80-33-28-70)52-39-71(45)29-34-81-52)66-58(75)55(41(2)3)73-21-12-20-62(73,7)63(8,64)43-18-30-79-31-19-43/h16-17,35-36,38,41-44,50,52,54-55,57,67H,10-15,18-34,37,39-40H2,1-9H3,(H,66,75)/t42-,50-,52+,54-,55-,57+,62+,63+/m0/s1. The number of halogens is 1. The second-order valence-electron chi connectivity index (χ2n) is 26.5. The van der Waals surface area contributed by atoms with Crippen LogP contribution in [-0.2, 0) is 51.0 Å². The highest BCUT2D eigenvalue weighted by Crippen LogP contribution is 2.49. The topological polar surface area (TPSA) is 159 Å². The number of hydrogen-bond acceptors (Lipinski definition) is 15. The number of aromatic nitrogens is 2. The highest BCUT2D eigenvalue weighted by molar-refractivity contribution is 5.95. The lowest BCUT2D eigenvalue weighted by Crippen LogP contribution is -2.71. The number of benzene rings is 1. The molecule has 7 aliphatic heterocycles. The number of piperazine rings is 1. The van der Waals surface area contributed by atoms with E-state index in [-0.39, 0.29) is 36.4 Å². The lowest BCUT2D eigenvalue weighted by molar-refractivity contribution is -0.158. The number of carbonyl (C=O) groups is 3. The van der Waals surface area contributed by atoms with Crippen LogP contribution in [0.1, 0.15) is 124 Å². The van der Waals surface area contributed by atoms with Crippen LogP contribution >= 0.6 is 0 Å². The Kier molecular flexibility index (Phi) is 17.7. The first-order valence-corrected chi connectivity index (χ1v) is 31.3. The van der Waals surface area contributed by atoms with Gasteiger partial charge in [0.15, 0.2) is 0 Å². The number of esters is 1. The van der Waals surface area contributed by atoms with E-state index < -0.39 is 52.9 Å². The first kappa shape index (κ1) is 59.3. The molecule has 0 spiro atoms. The summed E-state index contributed by atoms with van der Waals surface area (Å²) in [7, 11) is 1.75. The van der Waals surface area contributed by atoms with E-state index >= 15 is 14.0 Å². The molecule has 0 unspecified atom stereocenters. The normalized spacial score (nSPS) is 29.4. The number of carbonyl (C=O) groups excluding carboxylic acids is 3. The number of hydrazine groups is 1. The minimum atomic E-state index is -1.61. The van der Waals surface area contributed by atoms with Gasteiger partial charge in [-0.2, -0.15) is 0 Å². The van der Waals surface area contributed by atoms with Gasteiger partial charge in [0.05, 0.1) is 79.5 Å². The molecule has 6 bridgehead atoms. The van der Waals surface area contributed by atoms with E-state index in [0.29, 0.717) is 117 Å². The Hall–Kier alpha value is -4.47. The number of rotatable bonds is 13. The van der Waals surface area contributed by atoms with Crippen molar-refractivity contribution in [3.05, 3.63) is 41.7 Å². The van der Waals surface area contributed by atoms with Crippen LogP contribution in [0.5, 0.6) is 0 Å². The number of hydrogen-bond donors (Lipinski definition) is 2. The summed E-state index contributed by atoms with van der Waals surface area (Å²) in [6, 6.07) is 6.56. The molecule has 0 radical (unpaired) electrons. The third-order valence-electron chi connectivity index (χ3n) is 20.3. The van der Waals surface area contributed by atoms with Gasteiger partial charge < -0.3 is 43.4 Å². The molecule has 1 aliphatic carbocycles. The van der Waals surface area contributed by atoms with Gasteiger partial charge in [-0.3, -0.25) is 39.1 Å². The van der Waals surface area contributed by atoms with E-state index in [1.54, 1.807) is 19.0 Å². The number of pyridine rings is 1. The van der Waals surface area contributed by atoms with Crippen molar-refractivity contribution in [3.8, 4) is 11.3 Å². The number of nitrogens with zero attached hydrogens (tertiary/aromatic N) is 8. The Morgan fingerprint density at radius 2 is 1.62 bits per heavy atom. The molecule has 6 saturated heterocycles. The molecule has 452 valence electrons. The van der Waals surface area contributed by atoms with Crippen LogP contribution in [0.15, 0.2) is 30.5 Å². The summed E-state index contributed by atoms with van der Waals surface area (Å²) < 4.78 is 51.3. The minimum Gasteiger partial charge on any atom is -0.464 e. The Morgan fingerprint density at radius 1 is 0.878 bits per heavy atom. The Bertz CT molecular complexity index is 2750. The van der Waals surface area contributed by atoms with Crippen molar-refractivity contribution in [2.45, 2.75) is 173 Å². The largest absolute Gasteiger partial charge is 0.464 e. The van der Waals surface area contributed by atoms with E-state index in [9.17, 15) is 4.79 Å². The second-order valence-corrected chi connectivity index (χ2v) is 26.5. The van der Waals surface area contributed by atoms with Crippen LogP contribution in [0.2, 0.25) is 0 Å². The van der Waals surface area contributed by atoms with Gasteiger partial charge in [-0.15, -0.1) is 0 Å². The molecule has 82 heavy (non-hydrogen) atoms. The third-order valence-corrected chi connectivity index (χ3v) is 20.3. The average Bonchev–Trinajstić information content (AvgIpc) is 4.32. The average molecular weight is 1140 g/mol. The molecule has 18 nitrogen and oxygen atoms in total. The lowest BCUT2D eigenvalue weighted by Gasteiger charge is -2.52. The third kappa shape index (κ3) is 11.7. The molecule has 2 amide bonds. The molecule has 11 rings (SSSR count). The highest BCUT2D eigenvalue weighted by Gasteiger charge is 2.59. The number of amides is 2. The molecule has 2 aromatic heterocycles. The maximum Gasteiger partial charge on any atom is 0.324 e. The summed E-state index contributed by atoms with van der Waals surface area (Å²) in [6.45, 7) is 26.5. The van der Waals surface area contributed by atoms with Gasteiger partial charge in [0.25, 0.3) is 5.91 Å². The molecule has 9 heterocycles. The van der Waals surface area contributed by atoms with Gasteiger partial charge in [-0.1, -0.05) is 27.7 Å². The summed E-state index contributed by atoms with van der Waals surface area (Å²) in [6.07, 6.45) is 8.02. The van der Waals surface area contributed by atoms with E-state index in [4.69, 9.17) is 28.7 Å². The monoisotopic (exact) mass is 1140 g/mol. The first-order valence-electron chi connectivity index (χ1n) is 31.3. The van der Waals surface area contributed by atoms with Crippen molar-refractivity contribution in [2.75, 3.05) is 122 Å². The van der Waals surface area contributed by atoms with Gasteiger partial charge in [0, 0.05) is 119 Å². The number of anilines is 2. The number of aryl methyl sites for hydroxylation is 1. The summed E-state index contributed by atoms with van der Waals surface area (Å²) in [5.41, 5.74) is 7.65. The van der Waals surface area contributed by atoms with E-state index in [1.165, 1.54) is 12.8 Å². The molecule has 8 aliphatic rings. The van der Waals surface area contributed by atoms with Crippen molar-refractivity contribution in [1.29, 1.82) is 0 Å². The van der Waals surface area contributed by atoms with Gasteiger partial charge in [-0.05, 0) is 134 Å². The summed E-state index contributed by atoms with van der Waals surface area (Å²) in [5.74, 6) is -1.53. The Balaban J connectivity index is 1.00. The smallest absolute Gasteiger partial charge is 0.324 e. The zero-order valence-electron chi connectivity index (χ0n) is 50.7. The number of methoxy groups -OCH3 is 1. The van der Waals surface area contributed by atoms with Gasteiger partial charge in [0.2, 0.25) is 5.91 Å². The van der Waals surface area contributed by atoms with Crippen LogP contribution in [0, 0.1) is 17.3 Å². The van der Waals surface area contributed by atoms with Crippen molar-refractivity contribution >= 4 is 40.1 Å². The molecule has 8 atom stereocenters. The van der Waals surface area contributed by atoms with Crippen LogP contribution in [0.3, 0.4) is 0 Å². The predicted molar refractivity (Wildman–Crippen MR) is 315 cm³/mol. The quantitative estimate of drug-likeness (QED) is 0.173. The van der Waals surface area contributed by atoms with Gasteiger partial charge >= 0.3 is 5.97 Å². The number of morpholine rings is 2. The number of nitrogens with one attached hydrogen (secondary N) is 2. The SMILES string of the molecule is CCn1c(-c2cc(N3CCN(C4CC4)CC3)cnc2[C@H](C)OC)c2c3cc(ccc31)N1CCO[C@H](C1)[C@@H](N1CCOCC1)[C@H](NC(=O)[C@H](C(C)C)N1CCC[C@]1(C)[C@](C)(F)C1CCOCC1)C(=O)N1CCC[C@H](N1)C(=O)OCC(C)(C)C2. The highest BCUT2D eigenvalue weighted by atomic mass is 19.1. The number of likely N-dealkylation sites (tertiary alicyclic amines) is 1. The summed E-state index contributed by atoms with van der Waals surface area (Å²) in [4.78, 5) is 63.2. The fraction of sp³-hybridized carbons (Fsp3) is 0.746. The van der Waals surface area contributed by atoms with Crippen LogP contribution < -0.4 is 20.5 Å². The molecule has 1 aromatic carbocycles.